The van der Waals surface area contributed by atoms with Crippen LogP contribution in [-0.4, -0.2) is 37.2 Å². The van der Waals surface area contributed by atoms with Gasteiger partial charge >= 0.3 is 17.9 Å². The van der Waals surface area contributed by atoms with Gasteiger partial charge in [-0.15, -0.1) is 0 Å². The maximum Gasteiger partial charge on any atom is 0.306 e. The van der Waals surface area contributed by atoms with Crippen molar-refractivity contribution in [3.05, 3.63) is 60.8 Å². The van der Waals surface area contributed by atoms with Gasteiger partial charge in [-0.3, -0.25) is 14.4 Å². The second-order valence-electron chi connectivity index (χ2n) is 20.9. The monoisotopic (exact) mass is 1010 g/mol. The molecule has 0 heterocycles. The zero-order valence-electron chi connectivity index (χ0n) is 47.9. The number of hydrogen-bond donors (Lipinski definition) is 0. The van der Waals surface area contributed by atoms with Crippen molar-refractivity contribution < 1.29 is 28.6 Å². The molecule has 0 fully saturated rings. The molecule has 0 aliphatic carbocycles. The number of rotatable bonds is 57. The van der Waals surface area contributed by atoms with E-state index in [4.69, 9.17) is 14.2 Å². The van der Waals surface area contributed by atoms with Gasteiger partial charge in [0.2, 0.25) is 0 Å². The summed E-state index contributed by atoms with van der Waals surface area (Å²) in [4.78, 5) is 38.3. The molecular weight excluding hydrogens is 889 g/mol. The van der Waals surface area contributed by atoms with E-state index in [-0.39, 0.29) is 31.1 Å². The minimum Gasteiger partial charge on any atom is -0.462 e. The first-order valence-electron chi connectivity index (χ1n) is 31.3. The SMILES string of the molecule is CC/C=C\C/C=C\C/C=C\C/C=C\CCCCCCCCCCCCC(=O)OCC(COC(=O)CCCCCCCCCCCCCCCC)OC(=O)CCCCCCCCC/C=C\CCCCCCCC. The maximum absolute atomic E-state index is 12.9. The number of carbonyl (C=O) groups is 3. The molecule has 0 aromatic carbocycles. The molecule has 0 amide bonds. The third-order valence-electron chi connectivity index (χ3n) is 13.8. The fraction of sp³-hybridized carbons (Fsp3) is 0.803. The highest BCUT2D eigenvalue weighted by molar-refractivity contribution is 5.71. The van der Waals surface area contributed by atoms with E-state index in [1.165, 1.54) is 199 Å². The van der Waals surface area contributed by atoms with Gasteiger partial charge in [-0.25, -0.2) is 0 Å². The van der Waals surface area contributed by atoms with E-state index in [1.807, 2.05) is 0 Å². The molecule has 418 valence electrons. The molecule has 0 rings (SSSR count). The Morgan fingerprint density at radius 2 is 0.542 bits per heavy atom. The Morgan fingerprint density at radius 1 is 0.292 bits per heavy atom. The van der Waals surface area contributed by atoms with Crippen LogP contribution in [0.1, 0.15) is 323 Å². The second kappa shape index (κ2) is 60.7. The smallest absolute Gasteiger partial charge is 0.306 e. The van der Waals surface area contributed by atoms with E-state index in [0.29, 0.717) is 19.3 Å². The number of carbonyl (C=O) groups excluding carboxylic acids is 3. The molecule has 72 heavy (non-hydrogen) atoms. The molecule has 0 bridgehead atoms. The third kappa shape index (κ3) is 58.0. The lowest BCUT2D eigenvalue weighted by atomic mass is 10.0. The van der Waals surface area contributed by atoms with E-state index in [1.54, 1.807) is 0 Å². The summed E-state index contributed by atoms with van der Waals surface area (Å²) in [5.41, 5.74) is 0. The van der Waals surface area contributed by atoms with Crippen molar-refractivity contribution in [2.45, 2.75) is 329 Å². The molecule has 1 unspecified atom stereocenters. The molecule has 6 heteroatoms. The average Bonchev–Trinajstić information content (AvgIpc) is 3.38. The zero-order chi connectivity index (χ0) is 52.2. The minimum absolute atomic E-state index is 0.0734. The van der Waals surface area contributed by atoms with Crippen LogP contribution in [0.4, 0.5) is 0 Å². The van der Waals surface area contributed by atoms with Gasteiger partial charge in [0.25, 0.3) is 0 Å². The lowest BCUT2D eigenvalue weighted by Crippen LogP contribution is -2.30. The maximum atomic E-state index is 12.9. The van der Waals surface area contributed by atoms with Gasteiger partial charge in [-0.2, -0.15) is 0 Å². The van der Waals surface area contributed by atoms with Gasteiger partial charge in [0.05, 0.1) is 0 Å². The van der Waals surface area contributed by atoms with Crippen LogP contribution in [0.5, 0.6) is 0 Å². The van der Waals surface area contributed by atoms with E-state index in [2.05, 4.69) is 81.5 Å². The Balaban J connectivity index is 4.32. The van der Waals surface area contributed by atoms with Gasteiger partial charge < -0.3 is 14.2 Å². The Kier molecular flexibility index (Phi) is 58.2. The van der Waals surface area contributed by atoms with Gasteiger partial charge in [0, 0.05) is 19.3 Å². The first kappa shape index (κ1) is 69.1. The fourth-order valence-corrected chi connectivity index (χ4v) is 9.08. The predicted molar refractivity (Wildman–Crippen MR) is 312 cm³/mol. The molecule has 0 aromatic heterocycles. The number of esters is 3. The number of allylic oxidation sites excluding steroid dienone is 10. The average molecular weight is 1010 g/mol. The normalized spacial score (nSPS) is 12.4. The molecule has 0 radical (unpaired) electrons. The Morgan fingerprint density at radius 3 is 0.861 bits per heavy atom. The second-order valence-corrected chi connectivity index (χ2v) is 20.9. The zero-order valence-corrected chi connectivity index (χ0v) is 47.9. The number of hydrogen-bond acceptors (Lipinski definition) is 6. The molecule has 0 N–H and O–H groups in total. The van der Waals surface area contributed by atoms with E-state index >= 15 is 0 Å². The Hall–Kier alpha value is -2.89. The van der Waals surface area contributed by atoms with Crippen molar-refractivity contribution in [3.8, 4) is 0 Å². The van der Waals surface area contributed by atoms with Crippen molar-refractivity contribution in [1.29, 1.82) is 0 Å². The van der Waals surface area contributed by atoms with E-state index in [9.17, 15) is 14.4 Å². The Labute approximate surface area is 447 Å². The molecule has 0 aliphatic rings. The van der Waals surface area contributed by atoms with Crippen LogP contribution >= 0.6 is 0 Å². The van der Waals surface area contributed by atoms with Gasteiger partial charge in [-0.05, 0) is 83.5 Å². The summed E-state index contributed by atoms with van der Waals surface area (Å²) in [5, 5.41) is 0. The van der Waals surface area contributed by atoms with E-state index in [0.717, 1.165) is 83.5 Å². The molecule has 0 saturated heterocycles. The minimum atomic E-state index is -0.777. The van der Waals surface area contributed by atoms with E-state index < -0.39 is 6.10 Å². The van der Waals surface area contributed by atoms with Crippen molar-refractivity contribution >= 4 is 17.9 Å². The molecular formula is C66H118O6. The predicted octanol–water partition coefficient (Wildman–Crippen LogP) is 21.2. The van der Waals surface area contributed by atoms with Crippen LogP contribution in [0.25, 0.3) is 0 Å². The van der Waals surface area contributed by atoms with Gasteiger partial charge in [0.1, 0.15) is 13.2 Å². The van der Waals surface area contributed by atoms with Crippen LogP contribution in [0.3, 0.4) is 0 Å². The van der Waals surface area contributed by atoms with Crippen LogP contribution in [0.2, 0.25) is 0 Å². The Bertz CT molecular complexity index is 1290. The fourth-order valence-electron chi connectivity index (χ4n) is 9.08. The highest BCUT2D eigenvalue weighted by atomic mass is 16.6. The number of ether oxygens (including phenoxy) is 3. The summed E-state index contributed by atoms with van der Waals surface area (Å²) < 4.78 is 16.9. The highest BCUT2D eigenvalue weighted by Gasteiger charge is 2.19. The molecule has 6 nitrogen and oxygen atoms in total. The van der Waals surface area contributed by atoms with Crippen molar-refractivity contribution in [3.63, 3.8) is 0 Å². The molecule has 0 aliphatic heterocycles. The summed E-state index contributed by atoms with van der Waals surface area (Å²) in [7, 11) is 0. The molecule has 0 saturated carbocycles. The van der Waals surface area contributed by atoms with Crippen molar-refractivity contribution in [2.24, 2.45) is 0 Å². The summed E-state index contributed by atoms with van der Waals surface area (Å²) in [6.07, 6.45) is 76.4. The molecule has 0 spiro atoms. The number of unbranched alkanes of at least 4 members (excludes halogenated alkanes) is 36. The lowest BCUT2D eigenvalue weighted by molar-refractivity contribution is -0.167. The lowest BCUT2D eigenvalue weighted by Gasteiger charge is -2.18. The van der Waals surface area contributed by atoms with Gasteiger partial charge in [0.15, 0.2) is 6.10 Å². The van der Waals surface area contributed by atoms with Crippen LogP contribution in [0, 0.1) is 0 Å². The van der Waals surface area contributed by atoms with Crippen LogP contribution < -0.4 is 0 Å². The first-order valence-corrected chi connectivity index (χ1v) is 31.3. The van der Waals surface area contributed by atoms with Gasteiger partial charge in [-0.1, -0.05) is 281 Å². The summed E-state index contributed by atoms with van der Waals surface area (Å²) in [6, 6.07) is 0. The van der Waals surface area contributed by atoms with Crippen LogP contribution in [0.15, 0.2) is 60.8 Å². The molecule has 0 aromatic rings. The quantitative estimate of drug-likeness (QED) is 0.0261. The van der Waals surface area contributed by atoms with Crippen LogP contribution in [-0.2, 0) is 28.6 Å². The van der Waals surface area contributed by atoms with Crippen molar-refractivity contribution in [1.82, 2.24) is 0 Å². The summed E-state index contributed by atoms with van der Waals surface area (Å²) in [6.45, 7) is 6.56. The molecule has 1 atom stereocenters. The highest BCUT2D eigenvalue weighted by Crippen LogP contribution is 2.17. The van der Waals surface area contributed by atoms with Crippen molar-refractivity contribution in [2.75, 3.05) is 13.2 Å². The summed E-state index contributed by atoms with van der Waals surface area (Å²) >= 11 is 0. The summed E-state index contributed by atoms with van der Waals surface area (Å²) in [5.74, 6) is -0.865. The topological polar surface area (TPSA) is 78.9 Å². The largest absolute Gasteiger partial charge is 0.462 e. The standard InChI is InChI=1S/C66H118O6/c1-4-7-10-13-16-19-22-25-28-30-31-32-33-34-35-37-38-41-44-47-50-53-56-59-65(68)71-62-63(61-70-64(67)58-55-52-49-46-43-40-27-24-21-18-15-12-9-6-3)72-66(69)60-57-54-51-48-45-42-39-36-29-26-23-20-17-14-11-8-5-2/h7,10,16,19,25-26,28-29,31-32,63H,4-6,8-9,11-15,17-18,20-24,27,30,33-62H2,1-3H3/b10-7-,19-16-,28-25-,29-26-,32-31-. The first-order chi connectivity index (χ1) is 35.5. The third-order valence-corrected chi connectivity index (χ3v) is 13.8.